The number of carbonyl (C=O) groups is 3. The van der Waals surface area contributed by atoms with E-state index in [4.69, 9.17) is 31.3 Å². The first-order chi connectivity index (χ1) is 17.6. The zero-order chi connectivity index (χ0) is 28.8. The topological polar surface area (TPSA) is 142 Å². The van der Waals surface area contributed by atoms with Gasteiger partial charge >= 0.3 is 18.2 Å². The molecular formula is C22H20ClF5N4O6. The normalized spacial score (nSPS) is 11.8. The van der Waals surface area contributed by atoms with Crippen LogP contribution in [0, 0.1) is 18.6 Å². The number of carboxylic acids is 1. The third kappa shape index (κ3) is 7.93. The Morgan fingerprint density at radius 1 is 1.18 bits per heavy atom. The molecule has 0 spiro atoms. The van der Waals surface area contributed by atoms with Crippen LogP contribution in [0.15, 0.2) is 30.5 Å². The van der Waals surface area contributed by atoms with Crippen molar-refractivity contribution in [2.24, 2.45) is 0 Å². The molecule has 0 radical (unpaired) electrons. The number of alkyl halides is 3. The zero-order valence-corrected chi connectivity index (χ0v) is 20.3. The van der Waals surface area contributed by atoms with Crippen LogP contribution in [-0.2, 0) is 11.4 Å². The Morgan fingerprint density at radius 3 is 2.29 bits per heavy atom. The number of fused-ring (bicyclic) bond motifs is 1. The zero-order valence-electron chi connectivity index (χ0n) is 19.6. The van der Waals surface area contributed by atoms with Crippen molar-refractivity contribution in [3.63, 3.8) is 0 Å². The Morgan fingerprint density at radius 2 is 1.76 bits per heavy atom. The first-order valence-corrected chi connectivity index (χ1v) is 10.8. The average molecular weight is 567 g/mol. The lowest BCUT2D eigenvalue weighted by Crippen LogP contribution is -2.41. The van der Waals surface area contributed by atoms with Crippen molar-refractivity contribution in [1.82, 2.24) is 20.0 Å². The first-order valence-electron chi connectivity index (χ1n) is 10.4. The molecule has 0 aliphatic heterocycles. The largest absolute Gasteiger partial charge is 0.490 e. The van der Waals surface area contributed by atoms with Gasteiger partial charge < -0.3 is 25.6 Å². The Hall–Kier alpha value is -4.14. The molecule has 0 fully saturated rings. The van der Waals surface area contributed by atoms with Crippen LogP contribution in [-0.4, -0.2) is 56.3 Å². The second-order valence-corrected chi connectivity index (χ2v) is 8.05. The third-order valence-electron chi connectivity index (χ3n) is 4.66. The van der Waals surface area contributed by atoms with Crippen molar-refractivity contribution >= 4 is 35.2 Å². The van der Waals surface area contributed by atoms with Crippen molar-refractivity contribution in [2.75, 3.05) is 6.54 Å². The maximum atomic E-state index is 13.9. The second kappa shape index (κ2) is 12.4. The highest BCUT2D eigenvalue weighted by Crippen LogP contribution is 2.28. The summed E-state index contributed by atoms with van der Waals surface area (Å²) in [6, 6.07) is 4.44. The van der Waals surface area contributed by atoms with Crippen molar-refractivity contribution < 1.29 is 51.3 Å². The van der Waals surface area contributed by atoms with E-state index in [1.54, 1.807) is 13.8 Å². The van der Waals surface area contributed by atoms with Crippen molar-refractivity contribution in [3.05, 3.63) is 64.1 Å². The predicted molar refractivity (Wildman–Crippen MR) is 122 cm³/mol. The lowest BCUT2D eigenvalue weighted by atomic mass is 10.2. The van der Waals surface area contributed by atoms with Gasteiger partial charge in [0, 0.05) is 24.8 Å². The van der Waals surface area contributed by atoms with Crippen LogP contribution in [0.5, 0.6) is 5.75 Å². The standard InChI is InChI=1S/C20H19ClF2N4O4.C2HF3O2/c1-10(7-24-20(29)30)25-19(28)17-11(2)26-18-16(6-12(21)8-27(17)18)31-9-13-14(22)4-3-5-15(13)23;3-2(4,5)1(6)7/h3-6,8,10,24H,7,9H2,1-2H3,(H,25,28)(H,29,30);(H,6,7). The molecule has 0 aliphatic rings. The van der Waals surface area contributed by atoms with Gasteiger partial charge in [-0.05, 0) is 26.0 Å². The van der Waals surface area contributed by atoms with Crippen LogP contribution >= 0.6 is 11.6 Å². The number of imidazole rings is 1. The number of rotatable bonds is 7. The molecule has 4 N–H and O–H groups in total. The molecule has 0 saturated carbocycles. The van der Waals surface area contributed by atoms with Gasteiger partial charge in [-0.25, -0.2) is 23.4 Å². The van der Waals surface area contributed by atoms with E-state index in [0.29, 0.717) is 5.69 Å². The molecule has 2 amide bonds. The molecule has 3 aromatic rings. The number of carboxylic acid groups (broad SMARTS) is 2. The number of carbonyl (C=O) groups excluding carboxylic acids is 1. The van der Waals surface area contributed by atoms with E-state index in [1.807, 2.05) is 0 Å². The highest BCUT2D eigenvalue weighted by molar-refractivity contribution is 6.30. The molecule has 1 aromatic carbocycles. The summed E-state index contributed by atoms with van der Waals surface area (Å²) in [7, 11) is 0. The highest BCUT2D eigenvalue weighted by Gasteiger charge is 2.38. The summed E-state index contributed by atoms with van der Waals surface area (Å²) in [5.41, 5.74) is 0.517. The minimum Gasteiger partial charge on any atom is -0.485 e. The number of halogens is 6. The van der Waals surface area contributed by atoms with Crippen LogP contribution in [0.25, 0.3) is 5.65 Å². The van der Waals surface area contributed by atoms with E-state index >= 15 is 0 Å². The molecule has 0 aliphatic carbocycles. The van der Waals surface area contributed by atoms with Crippen LogP contribution in [0.3, 0.4) is 0 Å². The maximum absolute atomic E-state index is 13.9. The van der Waals surface area contributed by atoms with E-state index in [9.17, 15) is 31.5 Å². The van der Waals surface area contributed by atoms with Crippen LogP contribution < -0.4 is 15.4 Å². The Kier molecular flexibility index (Phi) is 9.82. The summed E-state index contributed by atoms with van der Waals surface area (Å²) >= 11 is 6.16. The lowest BCUT2D eigenvalue weighted by molar-refractivity contribution is -0.192. The smallest absolute Gasteiger partial charge is 0.485 e. The molecule has 3 rings (SSSR count). The van der Waals surface area contributed by atoms with Gasteiger partial charge in [0.2, 0.25) is 0 Å². The van der Waals surface area contributed by atoms with E-state index in [1.165, 1.54) is 22.7 Å². The molecule has 1 atom stereocenters. The minimum atomic E-state index is -5.08. The summed E-state index contributed by atoms with van der Waals surface area (Å²) in [4.78, 5) is 36.6. The molecular weight excluding hydrogens is 547 g/mol. The van der Waals surface area contributed by atoms with E-state index in [2.05, 4.69) is 15.6 Å². The summed E-state index contributed by atoms with van der Waals surface area (Å²) < 4.78 is 66.5. The molecule has 38 heavy (non-hydrogen) atoms. The average Bonchev–Trinajstić information content (AvgIpc) is 3.12. The van der Waals surface area contributed by atoms with Crippen molar-refractivity contribution in [2.45, 2.75) is 32.7 Å². The fourth-order valence-electron chi connectivity index (χ4n) is 2.98. The number of benzene rings is 1. The number of pyridine rings is 1. The fraction of sp³-hybridized carbons (Fsp3) is 0.273. The first kappa shape index (κ1) is 30.1. The Labute approximate surface area is 216 Å². The Bertz CT molecular complexity index is 1330. The summed E-state index contributed by atoms with van der Waals surface area (Å²) in [6.07, 6.45) is -4.82. The van der Waals surface area contributed by atoms with Gasteiger partial charge in [-0.1, -0.05) is 17.7 Å². The predicted octanol–water partition coefficient (Wildman–Crippen LogP) is 4.17. The molecule has 1 unspecified atom stereocenters. The van der Waals surface area contributed by atoms with Crippen LogP contribution in [0.2, 0.25) is 5.02 Å². The van der Waals surface area contributed by atoms with Crippen LogP contribution in [0.4, 0.5) is 26.7 Å². The van der Waals surface area contributed by atoms with Gasteiger partial charge in [0.1, 0.15) is 23.9 Å². The summed E-state index contributed by atoms with van der Waals surface area (Å²) in [5, 5.41) is 20.9. The van der Waals surface area contributed by atoms with Gasteiger partial charge in [0.15, 0.2) is 11.4 Å². The maximum Gasteiger partial charge on any atom is 0.490 e. The van der Waals surface area contributed by atoms with Gasteiger partial charge in [-0.3, -0.25) is 9.20 Å². The SMILES string of the molecule is Cc1nc2c(OCc3c(F)cccc3F)cc(Cl)cn2c1C(=O)NC(C)CNC(=O)O.O=C(O)C(F)(F)F. The van der Waals surface area contributed by atoms with Gasteiger partial charge in [0.05, 0.1) is 16.3 Å². The lowest BCUT2D eigenvalue weighted by Gasteiger charge is -2.14. The number of nitrogens with one attached hydrogen (secondary N) is 2. The number of aryl methyl sites for hydroxylation is 1. The monoisotopic (exact) mass is 566 g/mol. The number of hydrogen-bond donors (Lipinski definition) is 4. The number of aromatic nitrogens is 2. The Balaban J connectivity index is 0.000000638. The van der Waals surface area contributed by atoms with Gasteiger partial charge in [-0.2, -0.15) is 13.2 Å². The molecule has 10 nitrogen and oxygen atoms in total. The second-order valence-electron chi connectivity index (χ2n) is 7.61. The molecule has 16 heteroatoms. The van der Waals surface area contributed by atoms with Crippen molar-refractivity contribution in [3.8, 4) is 5.75 Å². The number of hydrogen-bond acceptors (Lipinski definition) is 5. The van der Waals surface area contributed by atoms with Gasteiger partial charge in [0.25, 0.3) is 5.91 Å². The van der Waals surface area contributed by atoms with E-state index in [-0.39, 0.29) is 34.2 Å². The fourth-order valence-corrected chi connectivity index (χ4v) is 3.18. The molecule has 2 heterocycles. The summed E-state index contributed by atoms with van der Waals surface area (Å²) in [5.74, 6) is -4.62. The van der Waals surface area contributed by atoms with Crippen molar-refractivity contribution in [1.29, 1.82) is 0 Å². The number of ether oxygens (including phenoxy) is 1. The van der Waals surface area contributed by atoms with Gasteiger partial charge in [-0.15, -0.1) is 0 Å². The molecule has 206 valence electrons. The van der Waals surface area contributed by atoms with E-state index in [0.717, 1.165) is 12.1 Å². The quantitative estimate of drug-likeness (QED) is 0.314. The highest BCUT2D eigenvalue weighted by atomic mass is 35.5. The number of nitrogens with zero attached hydrogens (tertiary/aromatic N) is 2. The number of aliphatic carboxylic acids is 1. The summed E-state index contributed by atoms with van der Waals surface area (Å²) in [6.45, 7) is 2.85. The number of amides is 2. The minimum absolute atomic E-state index is 0.0141. The molecule has 2 aromatic heterocycles. The van der Waals surface area contributed by atoms with E-state index < -0.39 is 48.4 Å². The molecule has 0 saturated heterocycles. The third-order valence-corrected chi connectivity index (χ3v) is 4.86. The molecule has 0 bridgehead atoms. The van der Waals surface area contributed by atoms with Crippen LogP contribution in [0.1, 0.15) is 28.7 Å².